The van der Waals surface area contributed by atoms with Gasteiger partial charge in [-0.15, -0.1) is 0 Å². The number of ether oxygens (including phenoxy) is 1. The molecule has 0 radical (unpaired) electrons. The molecule has 1 fully saturated rings. The van der Waals surface area contributed by atoms with Crippen molar-refractivity contribution in [2.75, 3.05) is 25.1 Å². The maximum absolute atomic E-state index is 13.6. The minimum atomic E-state index is -2.20. The molecule has 110 valence electrons. The van der Waals surface area contributed by atoms with Crippen LogP contribution in [-0.4, -0.2) is 26.2 Å². The Kier molecular flexibility index (Phi) is 3.82. The second kappa shape index (κ2) is 5.26. The summed E-state index contributed by atoms with van der Waals surface area (Å²) in [5.41, 5.74) is -1.01. The standard InChI is InChI=1S/C12H10F5NO2/c1-20-12(19)5-2-3-18(4-5)11-9(16)7(14)6(13)8(15)10(11)17/h5H,2-4H2,1H3. The summed E-state index contributed by atoms with van der Waals surface area (Å²) in [5, 5.41) is 0. The number of nitrogens with zero attached hydrogens (tertiary/aromatic N) is 1. The third kappa shape index (κ3) is 2.19. The van der Waals surface area contributed by atoms with Gasteiger partial charge in [-0.1, -0.05) is 0 Å². The van der Waals surface area contributed by atoms with E-state index in [1.165, 1.54) is 0 Å². The number of hydrogen-bond donors (Lipinski definition) is 0. The predicted octanol–water partition coefficient (Wildman–Crippen LogP) is 2.38. The van der Waals surface area contributed by atoms with E-state index in [-0.39, 0.29) is 19.5 Å². The highest BCUT2D eigenvalue weighted by atomic mass is 19.2. The summed E-state index contributed by atoms with van der Waals surface area (Å²) < 4.78 is 70.8. The van der Waals surface area contributed by atoms with Crippen LogP contribution in [0.4, 0.5) is 27.6 Å². The molecule has 0 amide bonds. The first-order chi connectivity index (χ1) is 9.38. The molecule has 1 atom stereocenters. The maximum Gasteiger partial charge on any atom is 0.310 e. The number of rotatable bonds is 2. The summed E-state index contributed by atoms with van der Waals surface area (Å²) in [4.78, 5) is 12.3. The maximum atomic E-state index is 13.6. The Morgan fingerprint density at radius 1 is 1.05 bits per heavy atom. The van der Waals surface area contributed by atoms with Crippen molar-refractivity contribution in [2.24, 2.45) is 5.92 Å². The van der Waals surface area contributed by atoms with Crippen molar-refractivity contribution in [3.8, 4) is 0 Å². The Balaban J connectivity index is 2.38. The van der Waals surface area contributed by atoms with E-state index >= 15 is 0 Å². The molecular formula is C12H10F5NO2. The molecule has 1 aromatic rings. The van der Waals surface area contributed by atoms with Gasteiger partial charge in [0.25, 0.3) is 0 Å². The first kappa shape index (κ1) is 14.5. The largest absolute Gasteiger partial charge is 0.469 e. The molecule has 20 heavy (non-hydrogen) atoms. The van der Waals surface area contributed by atoms with E-state index in [0.717, 1.165) is 12.0 Å². The number of carbonyl (C=O) groups excluding carboxylic acids is 1. The lowest BCUT2D eigenvalue weighted by Gasteiger charge is -2.20. The molecule has 1 aliphatic rings. The highest BCUT2D eigenvalue weighted by molar-refractivity contribution is 5.74. The molecule has 0 aromatic heterocycles. The number of halogens is 5. The summed E-state index contributed by atoms with van der Waals surface area (Å²) in [6.45, 7) is -0.164. The van der Waals surface area contributed by atoms with Crippen molar-refractivity contribution >= 4 is 11.7 Å². The average Bonchev–Trinajstić information content (AvgIpc) is 2.92. The van der Waals surface area contributed by atoms with Gasteiger partial charge in [0.2, 0.25) is 5.82 Å². The van der Waals surface area contributed by atoms with Crippen LogP contribution in [0, 0.1) is 35.0 Å². The third-order valence-corrected chi connectivity index (χ3v) is 3.23. The van der Waals surface area contributed by atoms with Crippen LogP contribution >= 0.6 is 0 Å². The number of anilines is 1. The van der Waals surface area contributed by atoms with Crippen LogP contribution in [0.5, 0.6) is 0 Å². The minimum Gasteiger partial charge on any atom is -0.469 e. The van der Waals surface area contributed by atoms with Crippen molar-refractivity contribution in [2.45, 2.75) is 6.42 Å². The van der Waals surface area contributed by atoms with Gasteiger partial charge < -0.3 is 9.64 Å². The normalized spacial score (nSPS) is 18.5. The number of benzene rings is 1. The first-order valence-corrected chi connectivity index (χ1v) is 5.72. The number of esters is 1. The minimum absolute atomic E-state index is 0.00187. The second-order valence-corrected chi connectivity index (χ2v) is 4.37. The van der Waals surface area contributed by atoms with Gasteiger partial charge in [-0.25, -0.2) is 22.0 Å². The molecule has 0 aliphatic carbocycles. The topological polar surface area (TPSA) is 29.5 Å². The van der Waals surface area contributed by atoms with E-state index in [9.17, 15) is 26.7 Å². The van der Waals surface area contributed by atoms with Crippen LogP contribution in [-0.2, 0) is 9.53 Å². The molecule has 1 unspecified atom stereocenters. The van der Waals surface area contributed by atoms with Crippen molar-refractivity contribution < 1.29 is 31.5 Å². The Bertz CT molecular complexity index is 534. The fraction of sp³-hybridized carbons (Fsp3) is 0.417. The Hall–Kier alpha value is -1.86. The quantitative estimate of drug-likeness (QED) is 0.363. The fourth-order valence-corrected chi connectivity index (χ4v) is 2.19. The molecule has 1 aliphatic heterocycles. The molecule has 0 bridgehead atoms. The van der Waals surface area contributed by atoms with E-state index in [1.807, 2.05) is 0 Å². The first-order valence-electron chi connectivity index (χ1n) is 5.72. The zero-order valence-corrected chi connectivity index (χ0v) is 10.4. The smallest absolute Gasteiger partial charge is 0.310 e. The fourth-order valence-electron chi connectivity index (χ4n) is 2.19. The molecular weight excluding hydrogens is 285 g/mol. The van der Waals surface area contributed by atoms with Gasteiger partial charge in [-0.3, -0.25) is 4.79 Å². The average molecular weight is 295 g/mol. The molecule has 2 rings (SSSR count). The van der Waals surface area contributed by atoms with E-state index in [4.69, 9.17) is 0 Å². The van der Waals surface area contributed by atoms with Crippen LogP contribution in [0.15, 0.2) is 0 Å². The van der Waals surface area contributed by atoms with E-state index < -0.39 is 46.7 Å². The van der Waals surface area contributed by atoms with Gasteiger partial charge in [0.15, 0.2) is 23.3 Å². The molecule has 8 heteroatoms. The molecule has 0 saturated carbocycles. The van der Waals surface area contributed by atoms with Gasteiger partial charge in [0.1, 0.15) is 5.69 Å². The highest BCUT2D eigenvalue weighted by Crippen LogP contribution is 2.33. The van der Waals surface area contributed by atoms with Crippen molar-refractivity contribution in [3.63, 3.8) is 0 Å². The molecule has 1 heterocycles. The van der Waals surface area contributed by atoms with E-state index in [1.54, 1.807) is 0 Å². The summed E-state index contributed by atoms with van der Waals surface area (Å²) in [6.07, 6.45) is 0.214. The van der Waals surface area contributed by atoms with Crippen LogP contribution in [0.2, 0.25) is 0 Å². The number of methoxy groups -OCH3 is 1. The SMILES string of the molecule is COC(=O)C1CCN(c2c(F)c(F)c(F)c(F)c2F)C1. The summed E-state index contributed by atoms with van der Waals surface area (Å²) >= 11 is 0. The van der Waals surface area contributed by atoms with Gasteiger partial charge in [0.05, 0.1) is 13.0 Å². The van der Waals surface area contributed by atoms with Gasteiger partial charge in [-0.05, 0) is 6.42 Å². The van der Waals surface area contributed by atoms with Crippen LogP contribution < -0.4 is 4.90 Å². The Labute approximate surface area is 110 Å². The summed E-state index contributed by atoms with van der Waals surface area (Å²) in [6, 6.07) is 0. The van der Waals surface area contributed by atoms with Gasteiger partial charge >= 0.3 is 5.97 Å². The van der Waals surface area contributed by atoms with Crippen molar-refractivity contribution in [3.05, 3.63) is 29.1 Å². The van der Waals surface area contributed by atoms with Crippen LogP contribution in [0.25, 0.3) is 0 Å². The van der Waals surface area contributed by atoms with Gasteiger partial charge in [0, 0.05) is 13.1 Å². The van der Waals surface area contributed by atoms with E-state index in [2.05, 4.69) is 4.74 Å². The van der Waals surface area contributed by atoms with Gasteiger partial charge in [-0.2, -0.15) is 0 Å². The van der Waals surface area contributed by atoms with E-state index in [0.29, 0.717) is 0 Å². The monoisotopic (exact) mass is 295 g/mol. The predicted molar refractivity (Wildman–Crippen MR) is 58.6 cm³/mol. The molecule has 1 aromatic carbocycles. The van der Waals surface area contributed by atoms with Crippen LogP contribution in [0.1, 0.15) is 6.42 Å². The zero-order valence-electron chi connectivity index (χ0n) is 10.4. The Morgan fingerprint density at radius 3 is 2.05 bits per heavy atom. The second-order valence-electron chi connectivity index (χ2n) is 4.37. The summed E-state index contributed by atoms with van der Waals surface area (Å²) in [5.74, 6) is -11.2. The number of hydrogen-bond acceptors (Lipinski definition) is 3. The third-order valence-electron chi connectivity index (χ3n) is 3.23. The zero-order chi connectivity index (χ0) is 15.0. The molecule has 3 nitrogen and oxygen atoms in total. The number of carbonyl (C=O) groups is 1. The van der Waals surface area contributed by atoms with Crippen LogP contribution in [0.3, 0.4) is 0 Å². The lowest BCUT2D eigenvalue weighted by atomic mass is 10.1. The molecule has 0 N–H and O–H groups in total. The molecule has 0 spiro atoms. The lowest BCUT2D eigenvalue weighted by molar-refractivity contribution is -0.144. The lowest BCUT2D eigenvalue weighted by Crippen LogP contribution is -2.26. The summed E-state index contributed by atoms with van der Waals surface area (Å²) in [7, 11) is 1.16. The van der Waals surface area contributed by atoms with Crippen molar-refractivity contribution in [1.29, 1.82) is 0 Å². The Morgan fingerprint density at radius 2 is 1.55 bits per heavy atom. The molecule has 1 saturated heterocycles. The highest BCUT2D eigenvalue weighted by Gasteiger charge is 2.35. The van der Waals surface area contributed by atoms with Crippen molar-refractivity contribution in [1.82, 2.24) is 0 Å².